The van der Waals surface area contributed by atoms with Crippen LogP contribution < -0.4 is 0 Å². The Hall–Kier alpha value is -1.80. The van der Waals surface area contributed by atoms with Crippen molar-refractivity contribution in [2.45, 2.75) is 19.4 Å². The molecule has 1 aromatic heterocycles. The molecule has 20 heavy (non-hydrogen) atoms. The average molecular weight is 288 g/mol. The molecule has 1 unspecified atom stereocenters. The van der Waals surface area contributed by atoms with Crippen LogP contribution in [0.3, 0.4) is 0 Å². The third-order valence-electron chi connectivity index (χ3n) is 3.67. The Morgan fingerprint density at radius 3 is 2.70 bits per heavy atom. The van der Waals surface area contributed by atoms with Gasteiger partial charge in [0, 0.05) is 16.6 Å². The smallest absolute Gasteiger partial charge is 0.123 e. The molecular weight excluding hydrogens is 273 g/mol. The molecule has 0 saturated heterocycles. The molecule has 1 atom stereocenters. The standard InChI is InChI=1S/C17H15ClFN/c1-2-16(12-5-3-6-13(19)11-12)20-10-9-14-15(18)7-4-8-17(14)20/h3-11,16H,2H2,1H3. The van der Waals surface area contributed by atoms with Crippen molar-refractivity contribution in [2.75, 3.05) is 0 Å². The summed E-state index contributed by atoms with van der Waals surface area (Å²) in [6.07, 6.45) is 2.91. The molecule has 1 heterocycles. The zero-order valence-corrected chi connectivity index (χ0v) is 11.9. The first kappa shape index (κ1) is 13.2. The van der Waals surface area contributed by atoms with E-state index in [-0.39, 0.29) is 11.9 Å². The number of aromatic nitrogens is 1. The van der Waals surface area contributed by atoms with E-state index in [0.717, 1.165) is 27.9 Å². The van der Waals surface area contributed by atoms with Crippen molar-refractivity contribution in [3.8, 4) is 0 Å². The molecule has 0 amide bonds. The second-order valence-electron chi connectivity index (χ2n) is 4.87. The number of hydrogen-bond donors (Lipinski definition) is 0. The summed E-state index contributed by atoms with van der Waals surface area (Å²) in [4.78, 5) is 0. The number of halogens is 2. The minimum absolute atomic E-state index is 0.113. The highest BCUT2D eigenvalue weighted by molar-refractivity contribution is 6.35. The highest BCUT2D eigenvalue weighted by atomic mass is 35.5. The summed E-state index contributed by atoms with van der Waals surface area (Å²) in [5, 5.41) is 1.78. The molecule has 0 aliphatic heterocycles. The van der Waals surface area contributed by atoms with Crippen LogP contribution in [0.5, 0.6) is 0 Å². The zero-order chi connectivity index (χ0) is 14.1. The van der Waals surface area contributed by atoms with Crippen LogP contribution in [0.25, 0.3) is 10.9 Å². The van der Waals surface area contributed by atoms with Crippen LogP contribution in [0.2, 0.25) is 5.02 Å². The molecule has 0 saturated carbocycles. The van der Waals surface area contributed by atoms with Crippen molar-refractivity contribution in [3.63, 3.8) is 0 Å². The maximum atomic E-state index is 13.5. The summed E-state index contributed by atoms with van der Waals surface area (Å²) >= 11 is 6.22. The largest absolute Gasteiger partial charge is 0.340 e. The summed E-state index contributed by atoms with van der Waals surface area (Å²) in [5.41, 5.74) is 2.05. The van der Waals surface area contributed by atoms with Gasteiger partial charge in [0.25, 0.3) is 0 Å². The van der Waals surface area contributed by atoms with Gasteiger partial charge in [-0.05, 0) is 42.3 Å². The van der Waals surface area contributed by atoms with Crippen LogP contribution in [0.4, 0.5) is 4.39 Å². The van der Waals surface area contributed by atoms with Gasteiger partial charge < -0.3 is 4.57 Å². The van der Waals surface area contributed by atoms with E-state index in [4.69, 9.17) is 11.6 Å². The first-order valence-electron chi connectivity index (χ1n) is 6.71. The van der Waals surface area contributed by atoms with E-state index < -0.39 is 0 Å². The lowest BCUT2D eigenvalue weighted by Gasteiger charge is -2.19. The predicted molar refractivity (Wildman–Crippen MR) is 81.8 cm³/mol. The van der Waals surface area contributed by atoms with E-state index in [1.807, 2.05) is 36.5 Å². The highest BCUT2D eigenvalue weighted by Crippen LogP contribution is 2.31. The summed E-state index contributed by atoms with van der Waals surface area (Å²) < 4.78 is 15.6. The molecule has 2 aromatic carbocycles. The van der Waals surface area contributed by atoms with Gasteiger partial charge in [0.05, 0.1) is 11.6 Å². The molecule has 102 valence electrons. The van der Waals surface area contributed by atoms with Crippen LogP contribution in [0.1, 0.15) is 24.9 Å². The minimum atomic E-state index is -0.199. The van der Waals surface area contributed by atoms with Gasteiger partial charge in [-0.25, -0.2) is 4.39 Å². The van der Waals surface area contributed by atoms with Crippen LogP contribution in [-0.4, -0.2) is 4.57 Å². The molecule has 3 heteroatoms. The number of rotatable bonds is 3. The fourth-order valence-corrected chi connectivity index (χ4v) is 2.96. The van der Waals surface area contributed by atoms with E-state index in [2.05, 4.69) is 11.5 Å². The third-order valence-corrected chi connectivity index (χ3v) is 4.00. The molecule has 0 radical (unpaired) electrons. The molecule has 1 nitrogen and oxygen atoms in total. The van der Waals surface area contributed by atoms with Crippen LogP contribution in [0, 0.1) is 5.82 Å². The van der Waals surface area contributed by atoms with Crippen molar-refractivity contribution in [1.82, 2.24) is 4.57 Å². The van der Waals surface area contributed by atoms with E-state index in [1.165, 1.54) is 6.07 Å². The zero-order valence-electron chi connectivity index (χ0n) is 11.2. The van der Waals surface area contributed by atoms with E-state index in [9.17, 15) is 4.39 Å². The van der Waals surface area contributed by atoms with Crippen LogP contribution in [-0.2, 0) is 0 Å². The summed E-state index contributed by atoms with van der Waals surface area (Å²) in [6.45, 7) is 2.10. The van der Waals surface area contributed by atoms with E-state index in [0.29, 0.717) is 0 Å². The Morgan fingerprint density at radius 1 is 1.15 bits per heavy atom. The lowest BCUT2D eigenvalue weighted by Crippen LogP contribution is -2.08. The Kier molecular flexibility index (Phi) is 3.49. The van der Waals surface area contributed by atoms with Gasteiger partial charge in [-0.15, -0.1) is 0 Å². The monoisotopic (exact) mass is 287 g/mol. The summed E-state index contributed by atoms with van der Waals surface area (Å²) in [7, 11) is 0. The first-order valence-corrected chi connectivity index (χ1v) is 7.09. The number of fused-ring (bicyclic) bond motifs is 1. The Labute approximate surface area is 122 Å². The third kappa shape index (κ3) is 2.20. The molecule has 0 bridgehead atoms. The molecule has 0 N–H and O–H groups in total. The minimum Gasteiger partial charge on any atom is -0.340 e. The van der Waals surface area contributed by atoms with Gasteiger partial charge >= 0.3 is 0 Å². The normalized spacial score (nSPS) is 12.8. The first-order chi connectivity index (χ1) is 9.70. The number of hydrogen-bond acceptors (Lipinski definition) is 0. The molecule has 3 rings (SSSR count). The average Bonchev–Trinajstić information content (AvgIpc) is 2.86. The SMILES string of the molecule is CCC(c1cccc(F)c1)n1ccc2c(Cl)cccc21. The van der Waals surface area contributed by atoms with Crippen molar-refractivity contribution >= 4 is 22.5 Å². The molecular formula is C17H15ClFN. The van der Waals surface area contributed by atoms with Crippen molar-refractivity contribution in [1.29, 1.82) is 0 Å². The van der Waals surface area contributed by atoms with Gasteiger partial charge in [0.1, 0.15) is 5.82 Å². The Bertz CT molecular complexity index is 748. The van der Waals surface area contributed by atoms with Crippen molar-refractivity contribution in [3.05, 3.63) is 71.1 Å². The summed E-state index contributed by atoms with van der Waals surface area (Å²) in [6, 6.07) is 14.8. The fraction of sp³-hybridized carbons (Fsp3) is 0.176. The van der Waals surface area contributed by atoms with Gasteiger partial charge in [-0.1, -0.05) is 36.7 Å². The van der Waals surface area contributed by atoms with Gasteiger partial charge in [0.2, 0.25) is 0 Å². The molecule has 0 aliphatic carbocycles. The second kappa shape index (κ2) is 5.29. The van der Waals surface area contributed by atoms with E-state index >= 15 is 0 Å². The molecule has 0 fully saturated rings. The molecule has 3 aromatic rings. The molecule has 0 aliphatic rings. The quantitative estimate of drug-likeness (QED) is 0.605. The lowest BCUT2D eigenvalue weighted by molar-refractivity contribution is 0.572. The Balaban J connectivity index is 2.15. The van der Waals surface area contributed by atoms with Gasteiger partial charge in [-0.3, -0.25) is 0 Å². The maximum Gasteiger partial charge on any atom is 0.123 e. The van der Waals surface area contributed by atoms with Gasteiger partial charge in [-0.2, -0.15) is 0 Å². The molecule has 0 spiro atoms. The van der Waals surface area contributed by atoms with Crippen LogP contribution in [0.15, 0.2) is 54.7 Å². The number of nitrogens with zero attached hydrogens (tertiary/aromatic N) is 1. The van der Waals surface area contributed by atoms with E-state index in [1.54, 1.807) is 12.1 Å². The second-order valence-corrected chi connectivity index (χ2v) is 5.28. The van der Waals surface area contributed by atoms with Crippen LogP contribution >= 0.6 is 11.6 Å². The predicted octanol–water partition coefficient (Wildman–Crippen LogP) is 5.43. The summed E-state index contributed by atoms with van der Waals surface area (Å²) in [5.74, 6) is -0.199. The van der Waals surface area contributed by atoms with Crippen molar-refractivity contribution < 1.29 is 4.39 Å². The number of benzene rings is 2. The topological polar surface area (TPSA) is 4.93 Å². The fourth-order valence-electron chi connectivity index (χ4n) is 2.73. The highest BCUT2D eigenvalue weighted by Gasteiger charge is 2.15. The lowest BCUT2D eigenvalue weighted by atomic mass is 10.0. The van der Waals surface area contributed by atoms with Crippen molar-refractivity contribution in [2.24, 2.45) is 0 Å². The maximum absolute atomic E-state index is 13.5. The van der Waals surface area contributed by atoms with Gasteiger partial charge in [0.15, 0.2) is 0 Å². The Morgan fingerprint density at radius 2 is 1.95 bits per heavy atom.